The van der Waals surface area contributed by atoms with Gasteiger partial charge in [-0.15, -0.1) is 11.3 Å². The van der Waals surface area contributed by atoms with Gasteiger partial charge in [0, 0.05) is 57.0 Å². The summed E-state index contributed by atoms with van der Waals surface area (Å²) >= 11 is 1.39. The Kier molecular flexibility index (Phi) is 11.6. The zero-order valence-electron chi connectivity index (χ0n) is 25.1. The lowest BCUT2D eigenvalue weighted by Gasteiger charge is -2.17. The molecule has 0 saturated carbocycles. The lowest BCUT2D eigenvalue weighted by Crippen LogP contribution is -2.30. The van der Waals surface area contributed by atoms with Crippen LogP contribution >= 0.6 is 11.3 Å². The highest BCUT2D eigenvalue weighted by atomic mass is 32.1. The number of thiophene rings is 1. The van der Waals surface area contributed by atoms with E-state index in [2.05, 4.69) is 27.3 Å². The van der Waals surface area contributed by atoms with Crippen LogP contribution in [0.4, 0.5) is 20.2 Å². The molecule has 9 nitrogen and oxygen atoms in total. The van der Waals surface area contributed by atoms with Crippen molar-refractivity contribution in [3.8, 4) is 11.5 Å². The van der Waals surface area contributed by atoms with Crippen molar-refractivity contribution in [3.63, 3.8) is 0 Å². The molecule has 2 heterocycles. The maximum absolute atomic E-state index is 15.1. The monoisotopic (exact) mass is 633 g/mol. The number of aromatic nitrogens is 1. The summed E-state index contributed by atoms with van der Waals surface area (Å²) < 4.78 is 39.9. The zero-order valence-corrected chi connectivity index (χ0v) is 25.9. The van der Waals surface area contributed by atoms with Crippen molar-refractivity contribution >= 4 is 57.2 Å². The number of methoxy groups -OCH3 is 1. The third-order valence-corrected chi connectivity index (χ3v) is 7.71. The van der Waals surface area contributed by atoms with E-state index in [0.29, 0.717) is 40.5 Å². The lowest BCUT2D eigenvalue weighted by molar-refractivity contribution is -0.125. The van der Waals surface area contributed by atoms with E-state index in [9.17, 15) is 14.0 Å². The van der Waals surface area contributed by atoms with Gasteiger partial charge in [-0.25, -0.2) is 8.78 Å². The van der Waals surface area contributed by atoms with E-state index in [4.69, 9.17) is 9.47 Å². The molecule has 0 bridgehead atoms. The summed E-state index contributed by atoms with van der Waals surface area (Å²) in [6.45, 7) is 7.80. The Morgan fingerprint density at radius 2 is 1.87 bits per heavy atom. The van der Waals surface area contributed by atoms with Crippen LogP contribution in [0.2, 0.25) is 0 Å². The average Bonchev–Trinajstić information content (AvgIpc) is 3.46. The molecule has 0 aliphatic carbocycles. The van der Waals surface area contributed by atoms with Crippen molar-refractivity contribution in [3.05, 3.63) is 95.0 Å². The molecule has 2 amide bonds. The van der Waals surface area contributed by atoms with E-state index >= 15 is 4.39 Å². The van der Waals surface area contributed by atoms with Gasteiger partial charge < -0.3 is 25.0 Å². The molecule has 4 rings (SSSR count). The number of halogens is 2. The second-order valence-electron chi connectivity index (χ2n) is 9.93. The molecule has 234 valence electrons. The Labute approximate surface area is 263 Å². The number of ether oxygens (including phenoxy) is 2. The Morgan fingerprint density at radius 1 is 1.09 bits per heavy atom. The van der Waals surface area contributed by atoms with E-state index in [1.807, 2.05) is 25.1 Å². The van der Waals surface area contributed by atoms with E-state index in [-0.39, 0.29) is 11.4 Å². The molecule has 45 heavy (non-hydrogen) atoms. The fraction of sp³-hybridized carbons (Fsp3) is 0.212. The van der Waals surface area contributed by atoms with Crippen molar-refractivity contribution in [1.82, 2.24) is 10.3 Å². The first-order valence-electron chi connectivity index (χ1n) is 13.9. The summed E-state index contributed by atoms with van der Waals surface area (Å²) in [6, 6.07) is 12.8. The highest BCUT2D eigenvalue weighted by Crippen LogP contribution is 2.38. The lowest BCUT2D eigenvalue weighted by atomic mass is 10.2. The highest BCUT2D eigenvalue weighted by Gasteiger charge is 2.17. The van der Waals surface area contributed by atoms with Gasteiger partial charge in [-0.2, -0.15) is 0 Å². The van der Waals surface area contributed by atoms with Crippen LogP contribution in [-0.2, 0) is 14.3 Å². The van der Waals surface area contributed by atoms with E-state index in [0.717, 1.165) is 23.1 Å². The predicted octanol–water partition coefficient (Wildman–Crippen LogP) is 6.58. The van der Waals surface area contributed by atoms with Crippen LogP contribution in [0.5, 0.6) is 11.5 Å². The summed E-state index contributed by atoms with van der Waals surface area (Å²) in [6.07, 6.45) is 4.93. The molecule has 2 aromatic carbocycles. The van der Waals surface area contributed by atoms with Crippen LogP contribution in [0.25, 0.3) is 15.9 Å². The third kappa shape index (κ3) is 9.11. The van der Waals surface area contributed by atoms with Crippen molar-refractivity contribution < 1.29 is 27.8 Å². The minimum Gasteiger partial charge on any atom is -0.453 e. The maximum atomic E-state index is 15.1. The van der Waals surface area contributed by atoms with Crippen molar-refractivity contribution in [2.75, 3.05) is 44.1 Å². The number of rotatable bonds is 14. The quantitative estimate of drug-likeness (QED) is 0.0704. The minimum atomic E-state index is -0.711. The van der Waals surface area contributed by atoms with Crippen LogP contribution in [0, 0.1) is 11.6 Å². The van der Waals surface area contributed by atoms with Gasteiger partial charge in [-0.3, -0.25) is 19.6 Å². The number of benzene rings is 2. The average molecular weight is 634 g/mol. The molecule has 12 heteroatoms. The summed E-state index contributed by atoms with van der Waals surface area (Å²) in [5, 5.41) is 5.81. The van der Waals surface area contributed by atoms with Gasteiger partial charge in [0.25, 0.3) is 0 Å². The number of anilines is 2. The molecule has 0 aliphatic rings. The molecular formula is C33H33F2N5O4S. The molecule has 2 N–H and O–H groups in total. The maximum Gasteiger partial charge on any atom is 0.236 e. The minimum absolute atomic E-state index is 0.0558. The molecule has 0 fully saturated rings. The number of amides is 2. The van der Waals surface area contributed by atoms with Gasteiger partial charge in [-0.1, -0.05) is 11.6 Å². The summed E-state index contributed by atoms with van der Waals surface area (Å²) in [7, 11) is 3.14. The molecule has 0 saturated heterocycles. The van der Waals surface area contributed by atoms with Crippen LogP contribution in [0.15, 0.2) is 83.5 Å². The van der Waals surface area contributed by atoms with Crippen LogP contribution in [0.3, 0.4) is 0 Å². The second kappa shape index (κ2) is 15.8. The van der Waals surface area contributed by atoms with Crippen LogP contribution in [0.1, 0.15) is 18.2 Å². The molecule has 4 aromatic rings. The highest BCUT2D eigenvalue weighted by molar-refractivity contribution is 7.20. The van der Waals surface area contributed by atoms with Crippen molar-refractivity contribution in [2.24, 2.45) is 4.99 Å². The van der Waals surface area contributed by atoms with Crippen LogP contribution < -0.4 is 20.3 Å². The number of nitrogens with one attached hydrogen (secondary N) is 2. The number of hydrogen-bond acceptors (Lipinski definition) is 8. The molecule has 2 aromatic heterocycles. The summed E-state index contributed by atoms with van der Waals surface area (Å²) in [5.74, 6) is -1.94. The van der Waals surface area contributed by atoms with Gasteiger partial charge in [0.1, 0.15) is 18.0 Å². The third-order valence-electron chi connectivity index (χ3n) is 6.55. The number of carbonyl (C=O) groups is 2. The fourth-order valence-electron chi connectivity index (χ4n) is 4.12. The normalized spacial score (nSPS) is 11.8. The van der Waals surface area contributed by atoms with Crippen molar-refractivity contribution in [2.45, 2.75) is 13.3 Å². The standard InChI is InChI=1S/C33H33F2N5O4S/c1-21(20-37-15-16-43-4)5-11-26(36-2)30-18-27-33(45-30)29(13-14-38-27)44-28-12-8-23(17-25(28)35)39-31(41)19-32(42)40(3)24-9-6-22(34)7-10-24/h5-14,17-18,37H,2,15-16,19-20H2,1,3-4H3,(H,39,41)/b21-5+,26-11-. The van der Waals surface area contributed by atoms with E-state index in [1.165, 1.54) is 59.7 Å². The van der Waals surface area contributed by atoms with Crippen LogP contribution in [-0.4, -0.2) is 57.4 Å². The van der Waals surface area contributed by atoms with Crippen molar-refractivity contribution in [1.29, 1.82) is 0 Å². The summed E-state index contributed by atoms with van der Waals surface area (Å²) in [4.78, 5) is 35.6. The Morgan fingerprint density at radius 3 is 2.58 bits per heavy atom. The Bertz CT molecular complexity index is 1740. The smallest absolute Gasteiger partial charge is 0.236 e. The number of allylic oxidation sites excluding steroid dienone is 2. The number of carbonyl (C=O) groups excluding carboxylic acids is 2. The molecule has 0 unspecified atom stereocenters. The molecule has 0 atom stereocenters. The number of pyridine rings is 1. The SMILES string of the molecule is C=N/C(=C\C=C(/C)CNCCOC)c1cc2nccc(Oc3ccc(NC(=O)CC(=O)N(C)c4ccc(F)cc4)cc3F)c2s1. The van der Waals surface area contributed by atoms with E-state index in [1.54, 1.807) is 19.4 Å². The molecular weight excluding hydrogens is 600 g/mol. The Balaban J connectivity index is 1.42. The first-order chi connectivity index (χ1) is 21.7. The zero-order chi connectivity index (χ0) is 32.3. The number of hydrogen-bond donors (Lipinski definition) is 2. The first-order valence-corrected chi connectivity index (χ1v) is 14.7. The topological polar surface area (TPSA) is 105 Å². The van der Waals surface area contributed by atoms with Gasteiger partial charge in [0.2, 0.25) is 11.8 Å². The number of aliphatic imine (C=N–C) groups is 1. The van der Waals surface area contributed by atoms with Gasteiger partial charge >= 0.3 is 0 Å². The van der Waals surface area contributed by atoms with Gasteiger partial charge in [-0.05, 0) is 62.2 Å². The number of fused-ring (bicyclic) bond motifs is 1. The second-order valence-corrected chi connectivity index (χ2v) is 11.0. The molecule has 0 aliphatic heterocycles. The van der Waals surface area contributed by atoms with Gasteiger partial charge in [0.15, 0.2) is 11.6 Å². The Hall–Kier alpha value is -4.78. The van der Waals surface area contributed by atoms with Gasteiger partial charge in [0.05, 0.1) is 27.4 Å². The number of nitrogens with zero attached hydrogens (tertiary/aromatic N) is 3. The largest absolute Gasteiger partial charge is 0.453 e. The van der Waals surface area contributed by atoms with E-state index < -0.39 is 29.9 Å². The predicted molar refractivity (Wildman–Crippen MR) is 175 cm³/mol. The molecule has 0 radical (unpaired) electrons. The summed E-state index contributed by atoms with van der Waals surface area (Å²) in [5.41, 5.74) is 3.02. The molecule has 0 spiro atoms. The first kappa shape index (κ1) is 33.1. The fourth-order valence-corrected chi connectivity index (χ4v) is 5.18.